The molecule has 0 aliphatic carbocycles. The number of nitrogens with zero attached hydrogens (tertiary/aromatic N) is 1. The van der Waals surface area contributed by atoms with Crippen molar-refractivity contribution in [3.63, 3.8) is 0 Å². The van der Waals surface area contributed by atoms with Crippen LogP contribution >= 0.6 is 0 Å². The standard InChI is InChI=1S/C13H22N2O3/c1-13(2,3)18-12(17)15-7-9-4-5-11(16)14-6-10(9)8-15/h9-10H,4-8H2,1-3H3,(H,14,16). The van der Waals surface area contributed by atoms with E-state index in [0.29, 0.717) is 37.9 Å². The van der Waals surface area contributed by atoms with E-state index in [0.717, 1.165) is 6.42 Å². The molecule has 2 amide bonds. The average Bonchev–Trinajstić information content (AvgIpc) is 2.57. The molecule has 0 bridgehead atoms. The molecule has 1 N–H and O–H groups in total. The summed E-state index contributed by atoms with van der Waals surface area (Å²) in [4.78, 5) is 25.0. The number of rotatable bonds is 0. The van der Waals surface area contributed by atoms with Crippen LogP contribution in [0.5, 0.6) is 0 Å². The zero-order chi connectivity index (χ0) is 13.3. The van der Waals surface area contributed by atoms with Crippen LogP contribution in [0.1, 0.15) is 33.6 Å². The molecule has 5 heteroatoms. The molecular formula is C13H22N2O3. The van der Waals surface area contributed by atoms with Gasteiger partial charge in [0.2, 0.25) is 5.91 Å². The van der Waals surface area contributed by atoms with Gasteiger partial charge in [-0.15, -0.1) is 0 Å². The summed E-state index contributed by atoms with van der Waals surface area (Å²) in [5.74, 6) is 0.939. The maximum absolute atomic E-state index is 12.0. The number of carbonyl (C=O) groups is 2. The highest BCUT2D eigenvalue weighted by atomic mass is 16.6. The first-order valence-electron chi connectivity index (χ1n) is 6.60. The summed E-state index contributed by atoms with van der Waals surface area (Å²) in [6.07, 6.45) is 1.21. The Morgan fingerprint density at radius 2 is 2.00 bits per heavy atom. The van der Waals surface area contributed by atoms with Crippen LogP contribution in [0, 0.1) is 11.8 Å². The Balaban J connectivity index is 1.92. The quantitative estimate of drug-likeness (QED) is 0.710. The smallest absolute Gasteiger partial charge is 0.410 e. The fourth-order valence-electron chi connectivity index (χ4n) is 2.62. The Hall–Kier alpha value is -1.26. The summed E-state index contributed by atoms with van der Waals surface area (Å²) in [5, 5.41) is 2.91. The lowest BCUT2D eigenvalue weighted by Crippen LogP contribution is -2.36. The molecule has 5 nitrogen and oxygen atoms in total. The van der Waals surface area contributed by atoms with Crippen LogP contribution in [0.4, 0.5) is 4.79 Å². The Morgan fingerprint density at radius 1 is 1.33 bits per heavy atom. The summed E-state index contributed by atoms with van der Waals surface area (Å²) in [5.41, 5.74) is -0.448. The fraction of sp³-hybridized carbons (Fsp3) is 0.846. The van der Waals surface area contributed by atoms with Gasteiger partial charge in [-0.1, -0.05) is 0 Å². The lowest BCUT2D eigenvalue weighted by Gasteiger charge is -2.24. The van der Waals surface area contributed by atoms with Gasteiger partial charge in [0.1, 0.15) is 5.60 Å². The van der Waals surface area contributed by atoms with E-state index in [1.165, 1.54) is 0 Å². The van der Waals surface area contributed by atoms with Crippen molar-refractivity contribution in [2.45, 2.75) is 39.2 Å². The molecule has 18 heavy (non-hydrogen) atoms. The van der Waals surface area contributed by atoms with E-state index in [9.17, 15) is 9.59 Å². The van der Waals surface area contributed by atoms with Gasteiger partial charge in [0, 0.05) is 26.1 Å². The molecular weight excluding hydrogens is 232 g/mol. The van der Waals surface area contributed by atoms with E-state index in [-0.39, 0.29) is 12.0 Å². The maximum Gasteiger partial charge on any atom is 0.410 e. The third-order valence-electron chi connectivity index (χ3n) is 3.53. The van der Waals surface area contributed by atoms with Crippen LogP contribution in [-0.4, -0.2) is 42.1 Å². The molecule has 2 unspecified atom stereocenters. The van der Waals surface area contributed by atoms with Crippen molar-refractivity contribution in [3.05, 3.63) is 0 Å². The number of carbonyl (C=O) groups excluding carboxylic acids is 2. The molecule has 2 saturated heterocycles. The number of amides is 2. The van der Waals surface area contributed by atoms with Gasteiger partial charge in [0.05, 0.1) is 0 Å². The monoisotopic (exact) mass is 254 g/mol. The second kappa shape index (κ2) is 4.78. The fourth-order valence-corrected chi connectivity index (χ4v) is 2.62. The Kier molecular flexibility index (Phi) is 3.50. The minimum atomic E-state index is -0.448. The number of ether oxygens (including phenoxy) is 1. The zero-order valence-corrected chi connectivity index (χ0v) is 11.4. The van der Waals surface area contributed by atoms with Crippen molar-refractivity contribution in [2.75, 3.05) is 19.6 Å². The van der Waals surface area contributed by atoms with E-state index in [4.69, 9.17) is 4.74 Å². The molecule has 0 aromatic heterocycles. The van der Waals surface area contributed by atoms with Crippen LogP contribution < -0.4 is 5.32 Å². The summed E-state index contributed by atoms with van der Waals surface area (Å²) in [6.45, 7) is 7.72. The molecule has 0 spiro atoms. The van der Waals surface area contributed by atoms with Crippen molar-refractivity contribution >= 4 is 12.0 Å². The van der Waals surface area contributed by atoms with Gasteiger partial charge in [-0.25, -0.2) is 4.79 Å². The number of nitrogens with one attached hydrogen (secondary N) is 1. The van der Waals surface area contributed by atoms with E-state index >= 15 is 0 Å². The highest BCUT2D eigenvalue weighted by Crippen LogP contribution is 2.29. The Bertz CT molecular complexity index is 331. The Morgan fingerprint density at radius 3 is 2.67 bits per heavy atom. The normalized spacial score (nSPS) is 28.4. The second-order valence-electron chi connectivity index (χ2n) is 6.25. The second-order valence-corrected chi connectivity index (χ2v) is 6.25. The molecule has 0 radical (unpaired) electrons. The molecule has 0 aromatic rings. The predicted molar refractivity (Wildman–Crippen MR) is 67.0 cm³/mol. The lowest BCUT2D eigenvalue weighted by atomic mass is 9.93. The minimum Gasteiger partial charge on any atom is -0.444 e. The largest absolute Gasteiger partial charge is 0.444 e. The minimum absolute atomic E-state index is 0.133. The Labute approximate surface area is 108 Å². The van der Waals surface area contributed by atoms with E-state index < -0.39 is 5.60 Å². The molecule has 2 aliphatic heterocycles. The average molecular weight is 254 g/mol. The van der Waals surface area contributed by atoms with Gasteiger partial charge in [-0.3, -0.25) is 4.79 Å². The summed E-state index contributed by atoms with van der Waals surface area (Å²) in [7, 11) is 0. The number of hydrogen-bond acceptors (Lipinski definition) is 3. The maximum atomic E-state index is 12.0. The van der Waals surface area contributed by atoms with Crippen molar-refractivity contribution in [1.29, 1.82) is 0 Å². The molecule has 0 saturated carbocycles. The molecule has 102 valence electrons. The molecule has 0 aromatic carbocycles. The first-order chi connectivity index (χ1) is 8.35. The van der Waals surface area contributed by atoms with Gasteiger partial charge in [-0.05, 0) is 39.0 Å². The number of likely N-dealkylation sites (tertiary alicyclic amines) is 1. The van der Waals surface area contributed by atoms with Crippen molar-refractivity contribution in [2.24, 2.45) is 11.8 Å². The molecule has 2 atom stereocenters. The van der Waals surface area contributed by atoms with Crippen LogP contribution in [0.25, 0.3) is 0 Å². The summed E-state index contributed by atoms with van der Waals surface area (Å²) < 4.78 is 5.38. The van der Waals surface area contributed by atoms with E-state index in [1.54, 1.807) is 4.90 Å². The highest BCUT2D eigenvalue weighted by Gasteiger charge is 2.38. The lowest BCUT2D eigenvalue weighted by molar-refractivity contribution is -0.120. The topological polar surface area (TPSA) is 58.6 Å². The molecule has 2 rings (SSSR count). The van der Waals surface area contributed by atoms with Crippen LogP contribution in [0.15, 0.2) is 0 Å². The van der Waals surface area contributed by atoms with Crippen molar-refractivity contribution < 1.29 is 14.3 Å². The van der Waals surface area contributed by atoms with Gasteiger partial charge in [0.15, 0.2) is 0 Å². The van der Waals surface area contributed by atoms with Gasteiger partial charge in [0.25, 0.3) is 0 Å². The van der Waals surface area contributed by atoms with E-state index in [2.05, 4.69) is 5.32 Å². The predicted octanol–water partition coefficient (Wildman–Crippen LogP) is 1.38. The van der Waals surface area contributed by atoms with Crippen LogP contribution in [0.3, 0.4) is 0 Å². The summed E-state index contributed by atoms with van der Waals surface area (Å²) >= 11 is 0. The summed E-state index contributed by atoms with van der Waals surface area (Å²) in [6, 6.07) is 0. The number of fused-ring (bicyclic) bond motifs is 1. The van der Waals surface area contributed by atoms with Gasteiger partial charge in [-0.2, -0.15) is 0 Å². The third kappa shape index (κ3) is 3.15. The molecule has 2 heterocycles. The van der Waals surface area contributed by atoms with Gasteiger partial charge < -0.3 is 15.0 Å². The third-order valence-corrected chi connectivity index (χ3v) is 3.53. The first kappa shape index (κ1) is 13.2. The van der Waals surface area contributed by atoms with Crippen molar-refractivity contribution in [3.8, 4) is 0 Å². The van der Waals surface area contributed by atoms with Crippen molar-refractivity contribution in [1.82, 2.24) is 10.2 Å². The van der Waals surface area contributed by atoms with Crippen LogP contribution in [0.2, 0.25) is 0 Å². The zero-order valence-electron chi connectivity index (χ0n) is 11.4. The van der Waals surface area contributed by atoms with Crippen LogP contribution in [-0.2, 0) is 9.53 Å². The number of hydrogen-bond donors (Lipinski definition) is 1. The molecule has 2 aliphatic rings. The SMILES string of the molecule is CC(C)(C)OC(=O)N1CC2CCC(=O)NCC2C1. The first-order valence-corrected chi connectivity index (χ1v) is 6.60. The molecule has 2 fully saturated rings. The highest BCUT2D eigenvalue weighted by molar-refractivity contribution is 5.76. The van der Waals surface area contributed by atoms with Gasteiger partial charge >= 0.3 is 6.09 Å². The van der Waals surface area contributed by atoms with E-state index in [1.807, 2.05) is 20.8 Å².